The van der Waals surface area contributed by atoms with Crippen LogP contribution >= 0.6 is 11.6 Å². The first-order chi connectivity index (χ1) is 11.5. The molecule has 0 spiro atoms. The van der Waals surface area contributed by atoms with Crippen LogP contribution in [0.25, 0.3) is 0 Å². The standard InChI is InChI=1S/C19H22ClNO3/c1-4-10-21-16(5-2)18(19(23)24-6-3)15(12-17(21)22)13-8-7-9-14(20)11-13/h4,7-9,11,15H,1,5-6,10,12H2,2-3H3/t15-/m0/s1. The van der Waals surface area contributed by atoms with Crippen molar-refractivity contribution < 1.29 is 14.3 Å². The largest absolute Gasteiger partial charge is 0.463 e. The van der Waals surface area contributed by atoms with Crippen LogP contribution in [0.5, 0.6) is 0 Å². The molecule has 24 heavy (non-hydrogen) atoms. The number of ether oxygens (including phenoxy) is 1. The number of benzene rings is 1. The molecule has 1 heterocycles. The van der Waals surface area contributed by atoms with E-state index in [0.717, 1.165) is 5.56 Å². The van der Waals surface area contributed by atoms with Crippen LogP contribution in [0.4, 0.5) is 0 Å². The molecule has 1 aliphatic rings. The fourth-order valence-corrected chi connectivity index (χ4v) is 3.28. The summed E-state index contributed by atoms with van der Waals surface area (Å²) in [5, 5.41) is 0.578. The van der Waals surface area contributed by atoms with Crippen molar-refractivity contribution >= 4 is 23.5 Å². The van der Waals surface area contributed by atoms with Gasteiger partial charge >= 0.3 is 5.97 Å². The zero-order valence-corrected chi connectivity index (χ0v) is 14.8. The van der Waals surface area contributed by atoms with Crippen LogP contribution in [0.15, 0.2) is 48.2 Å². The van der Waals surface area contributed by atoms with Gasteiger partial charge in [0.05, 0.1) is 12.2 Å². The molecule has 0 fully saturated rings. The van der Waals surface area contributed by atoms with Crippen molar-refractivity contribution in [2.75, 3.05) is 13.2 Å². The number of amides is 1. The Hall–Kier alpha value is -2.07. The van der Waals surface area contributed by atoms with Crippen molar-refractivity contribution in [2.24, 2.45) is 0 Å². The van der Waals surface area contributed by atoms with Gasteiger partial charge in [-0.1, -0.05) is 36.7 Å². The molecule has 128 valence electrons. The molecule has 1 aromatic carbocycles. The number of allylic oxidation sites excluding steroid dienone is 1. The molecular formula is C19H22ClNO3. The summed E-state index contributed by atoms with van der Waals surface area (Å²) in [5.74, 6) is -0.739. The van der Waals surface area contributed by atoms with Gasteiger partial charge in [-0.15, -0.1) is 6.58 Å². The number of carbonyl (C=O) groups is 2. The van der Waals surface area contributed by atoms with Gasteiger partial charge in [0.15, 0.2) is 0 Å². The number of hydrogen-bond donors (Lipinski definition) is 0. The zero-order valence-electron chi connectivity index (χ0n) is 14.0. The fraction of sp³-hybridized carbons (Fsp3) is 0.368. The predicted molar refractivity (Wildman–Crippen MR) is 94.7 cm³/mol. The van der Waals surface area contributed by atoms with E-state index in [0.29, 0.717) is 29.3 Å². The third kappa shape index (κ3) is 3.70. The minimum Gasteiger partial charge on any atom is -0.463 e. The lowest BCUT2D eigenvalue weighted by Gasteiger charge is -2.35. The first kappa shape index (κ1) is 18.3. The summed E-state index contributed by atoms with van der Waals surface area (Å²) >= 11 is 6.10. The van der Waals surface area contributed by atoms with E-state index in [2.05, 4.69) is 6.58 Å². The van der Waals surface area contributed by atoms with Gasteiger partial charge in [0.1, 0.15) is 0 Å². The third-order valence-electron chi connectivity index (χ3n) is 4.06. The van der Waals surface area contributed by atoms with Crippen LogP contribution in [0, 0.1) is 0 Å². The van der Waals surface area contributed by atoms with E-state index < -0.39 is 0 Å². The van der Waals surface area contributed by atoms with Gasteiger partial charge < -0.3 is 9.64 Å². The smallest absolute Gasteiger partial charge is 0.336 e. The molecule has 0 saturated heterocycles. The predicted octanol–water partition coefficient (Wildman–Crippen LogP) is 4.07. The molecule has 4 nitrogen and oxygen atoms in total. The highest BCUT2D eigenvalue weighted by atomic mass is 35.5. The first-order valence-electron chi connectivity index (χ1n) is 8.10. The molecule has 1 aromatic rings. The molecule has 0 saturated carbocycles. The maximum atomic E-state index is 12.6. The second-order valence-corrected chi connectivity index (χ2v) is 5.98. The summed E-state index contributed by atoms with van der Waals surface area (Å²) in [6.07, 6.45) is 2.44. The summed E-state index contributed by atoms with van der Waals surface area (Å²) < 4.78 is 5.26. The lowest BCUT2D eigenvalue weighted by atomic mass is 9.83. The van der Waals surface area contributed by atoms with Crippen LogP contribution in [0.3, 0.4) is 0 Å². The number of esters is 1. The lowest BCUT2D eigenvalue weighted by Crippen LogP contribution is -2.39. The van der Waals surface area contributed by atoms with Gasteiger partial charge in [-0.3, -0.25) is 4.79 Å². The molecule has 1 aliphatic heterocycles. The molecular weight excluding hydrogens is 326 g/mol. The summed E-state index contributed by atoms with van der Waals surface area (Å²) in [6, 6.07) is 7.29. The number of nitrogens with zero attached hydrogens (tertiary/aromatic N) is 1. The van der Waals surface area contributed by atoms with Crippen LogP contribution in [-0.4, -0.2) is 29.9 Å². The summed E-state index contributed by atoms with van der Waals surface area (Å²) in [5.41, 5.74) is 2.10. The van der Waals surface area contributed by atoms with Crippen LogP contribution < -0.4 is 0 Å². The van der Waals surface area contributed by atoms with E-state index in [-0.39, 0.29) is 30.8 Å². The highest BCUT2D eigenvalue weighted by molar-refractivity contribution is 6.30. The monoisotopic (exact) mass is 347 g/mol. The summed E-state index contributed by atoms with van der Waals surface area (Å²) in [7, 11) is 0. The zero-order chi connectivity index (χ0) is 17.7. The molecule has 0 aliphatic carbocycles. The minimum atomic E-state index is -0.374. The van der Waals surface area contributed by atoms with E-state index in [1.54, 1.807) is 30.0 Å². The highest BCUT2D eigenvalue weighted by Gasteiger charge is 2.37. The number of carbonyl (C=O) groups excluding carboxylic acids is 2. The minimum absolute atomic E-state index is 0.0234. The summed E-state index contributed by atoms with van der Waals surface area (Å²) in [4.78, 5) is 26.8. The topological polar surface area (TPSA) is 46.6 Å². The Morgan fingerprint density at radius 3 is 2.79 bits per heavy atom. The van der Waals surface area contributed by atoms with E-state index in [9.17, 15) is 9.59 Å². The van der Waals surface area contributed by atoms with Crippen molar-refractivity contribution in [3.05, 3.63) is 58.8 Å². The van der Waals surface area contributed by atoms with Crippen molar-refractivity contribution in [2.45, 2.75) is 32.6 Å². The Bertz CT molecular complexity index is 681. The number of halogens is 1. The van der Waals surface area contributed by atoms with Gasteiger partial charge in [-0.2, -0.15) is 0 Å². The molecule has 0 radical (unpaired) electrons. The normalized spacial score (nSPS) is 17.9. The number of rotatable bonds is 6. The molecule has 0 bridgehead atoms. The lowest BCUT2D eigenvalue weighted by molar-refractivity contribution is -0.140. The van der Waals surface area contributed by atoms with Gasteiger partial charge in [0, 0.05) is 29.6 Å². The Morgan fingerprint density at radius 2 is 2.21 bits per heavy atom. The van der Waals surface area contributed by atoms with Gasteiger partial charge in [-0.05, 0) is 31.0 Å². The second-order valence-electron chi connectivity index (χ2n) is 5.54. The molecule has 1 amide bonds. The second kappa shape index (κ2) is 8.15. The third-order valence-corrected chi connectivity index (χ3v) is 4.29. The van der Waals surface area contributed by atoms with E-state index in [1.165, 1.54) is 0 Å². The molecule has 0 N–H and O–H groups in total. The average Bonchev–Trinajstić information content (AvgIpc) is 2.56. The van der Waals surface area contributed by atoms with E-state index in [1.807, 2.05) is 19.1 Å². The molecule has 2 rings (SSSR count). The Balaban J connectivity index is 2.59. The van der Waals surface area contributed by atoms with Gasteiger partial charge in [0.2, 0.25) is 5.91 Å². The molecule has 1 atom stereocenters. The maximum absolute atomic E-state index is 12.6. The average molecular weight is 348 g/mol. The maximum Gasteiger partial charge on any atom is 0.336 e. The van der Waals surface area contributed by atoms with E-state index >= 15 is 0 Å². The SMILES string of the molecule is C=CCN1C(=O)C[C@@H](c2cccc(Cl)c2)C(C(=O)OCC)=C1CC. The van der Waals surface area contributed by atoms with E-state index in [4.69, 9.17) is 16.3 Å². The highest BCUT2D eigenvalue weighted by Crippen LogP contribution is 2.38. The van der Waals surface area contributed by atoms with Gasteiger partial charge in [0.25, 0.3) is 0 Å². The van der Waals surface area contributed by atoms with Crippen LogP contribution in [0.2, 0.25) is 5.02 Å². The van der Waals surface area contributed by atoms with Gasteiger partial charge in [-0.25, -0.2) is 4.79 Å². The molecule has 5 heteroatoms. The molecule has 0 aromatic heterocycles. The Kier molecular flexibility index (Phi) is 6.21. The first-order valence-corrected chi connectivity index (χ1v) is 8.48. The van der Waals surface area contributed by atoms with Crippen molar-refractivity contribution in [1.82, 2.24) is 4.90 Å². The van der Waals surface area contributed by atoms with Crippen molar-refractivity contribution in [3.63, 3.8) is 0 Å². The fourth-order valence-electron chi connectivity index (χ4n) is 3.08. The molecule has 0 unspecified atom stereocenters. The van der Waals surface area contributed by atoms with Crippen LogP contribution in [-0.2, 0) is 14.3 Å². The Labute approximate surface area is 147 Å². The Morgan fingerprint density at radius 1 is 1.46 bits per heavy atom. The van der Waals surface area contributed by atoms with Crippen LogP contribution in [0.1, 0.15) is 38.2 Å². The quantitative estimate of drug-likeness (QED) is 0.575. The van der Waals surface area contributed by atoms with Crippen molar-refractivity contribution in [3.8, 4) is 0 Å². The van der Waals surface area contributed by atoms with Crippen molar-refractivity contribution in [1.29, 1.82) is 0 Å². The summed E-state index contributed by atoms with van der Waals surface area (Å²) in [6.45, 7) is 8.07. The number of hydrogen-bond acceptors (Lipinski definition) is 3.